The molecule has 0 aliphatic rings. The van der Waals surface area contributed by atoms with Crippen LogP contribution in [-0.4, -0.2) is 16.2 Å². The van der Waals surface area contributed by atoms with Gasteiger partial charge in [0.05, 0.1) is 17.6 Å². The van der Waals surface area contributed by atoms with Crippen LogP contribution in [0.15, 0.2) is 60.3 Å². The number of aryl methyl sites for hydroxylation is 1. The van der Waals surface area contributed by atoms with Crippen LogP contribution in [0.4, 0.5) is 4.39 Å². The molecule has 0 fully saturated rings. The number of halogens is 1. The van der Waals surface area contributed by atoms with Gasteiger partial charge in [-0.1, -0.05) is 30.7 Å². The van der Waals surface area contributed by atoms with Gasteiger partial charge in [-0.05, 0) is 37.1 Å². The first-order valence-corrected chi connectivity index (χ1v) is 6.97. The Labute approximate surface area is 129 Å². The van der Waals surface area contributed by atoms with E-state index in [1.165, 1.54) is 0 Å². The number of nitrogens with two attached hydrogens (primary N) is 1. The summed E-state index contributed by atoms with van der Waals surface area (Å²) in [6.45, 7) is 5.27. The highest BCUT2D eigenvalue weighted by atomic mass is 19.1. The average molecular weight is 295 g/mol. The molecule has 1 heterocycles. The highest BCUT2D eigenvalue weighted by Crippen LogP contribution is 2.15. The second-order valence-electron chi connectivity index (χ2n) is 4.67. The molecule has 112 valence electrons. The van der Waals surface area contributed by atoms with Crippen molar-refractivity contribution in [1.29, 1.82) is 0 Å². The fourth-order valence-electron chi connectivity index (χ4n) is 2.02. The summed E-state index contributed by atoms with van der Waals surface area (Å²) < 4.78 is 14.6. The predicted octanol–water partition coefficient (Wildman–Crippen LogP) is 3.33. The standard InChI is InChI=1S/C18H18FN3/c1-3-15(9-8-14(2)20)10-11-18-21-16-6-4-5-7-17(16)22(18)13-12-19/h3-9H,2,12-13,20H2,1H3/b9-8-,15-3+. The molecule has 0 amide bonds. The second-order valence-corrected chi connectivity index (χ2v) is 4.67. The Morgan fingerprint density at radius 1 is 1.41 bits per heavy atom. The number of alkyl halides is 1. The van der Waals surface area contributed by atoms with Crippen LogP contribution in [0.1, 0.15) is 12.7 Å². The number of nitrogens with zero attached hydrogens (tertiary/aromatic N) is 2. The molecule has 0 unspecified atom stereocenters. The monoisotopic (exact) mass is 295 g/mol. The summed E-state index contributed by atoms with van der Waals surface area (Å²) in [5, 5.41) is 0. The maximum absolute atomic E-state index is 12.8. The molecule has 0 atom stereocenters. The number of benzene rings is 1. The molecule has 1 aromatic carbocycles. The van der Waals surface area contributed by atoms with E-state index < -0.39 is 6.67 Å². The number of fused-ring (bicyclic) bond motifs is 1. The Bertz CT molecular complexity index is 801. The van der Waals surface area contributed by atoms with E-state index in [-0.39, 0.29) is 6.54 Å². The summed E-state index contributed by atoms with van der Waals surface area (Å²) in [6, 6.07) is 7.62. The topological polar surface area (TPSA) is 43.8 Å². The molecule has 0 spiro atoms. The summed E-state index contributed by atoms with van der Waals surface area (Å²) in [6.07, 6.45) is 5.35. The SMILES string of the molecule is C=C(N)/C=C\C(C#Cc1nc2ccccc2n1CCF)=C/C. The predicted molar refractivity (Wildman–Crippen MR) is 88.8 cm³/mol. The molecule has 0 saturated heterocycles. The van der Waals surface area contributed by atoms with E-state index in [1.54, 1.807) is 16.7 Å². The average Bonchev–Trinajstić information content (AvgIpc) is 2.86. The van der Waals surface area contributed by atoms with Gasteiger partial charge in [0.15, 0.2) is 5.82 Å². The first kappa shape index (κ1) is 15.6. The first-order valence-electron chi connectivity index (χ1n) is 6.97. The maximum atomic E-state index is 12.8. The summed E-state index contributed by atoms with van der Waals surface area (Å²) in [5.74, 6) is 6.58. The van der Waals surface area contributed by atoms with Gasteiger partial charge in [-0.3, -0.25) is 0 Å². The quantitative estimate of drug-likeness (QED) is 0.694. The molecule has 22 heavy (non-hydrogen) atoms. The van der Waals surface area contributed by atoms with E-state index in [9.17, 15) is 4.39 Å². The second kappa shape index (κ2) is 7.28. The minimum absolute atomic E-state index is 0.241. The van der Waals surface area contributed by atoms with E-state index in [1.807, 2.05) is 37.3 Å². The Hall–Kier alpha value is -2.80. The summed E-state index contributed by atoms with van der Waals surface area (Å²) in [4.78, 5) is 4.46. The molecule has 2 aromatic rings. The number of hydrogen-bond donors (Lipinski definition) is 1. The van der Waals surface area contributed by atoms with Crippen molar-refractivity contribution in [3.05, 3.63) is 66.2 Å². The molecule has 2 N–H and O–H groups in total. The minimum Gasteiger partial charge on any atom is -0.399 e. The van der Waals surface area contributed by atoms with E-state index in [2.05, 4.69) is 23.4 Å². The van der Waals surface area contributed by atoms with E-state index in [4.69, 9.17) is 5.73 Å². The van der Waals surface area contributed by atoms with E-state index in [0.717, 1.165) is 16.6 Å². The zero-order valence-corrected chi connectivity index (χ0v) is 12.5. The fraction of sp³-hybridized carbons (Fsp3) is 0.167. The fourth-order valence-corrected chi connectivity index (χ4v) is 2.02. The van der Waals surface area contributed by atoms with Crippen molar-refractivity contribution in [3.8, 4) is 11.8 Å². The van der Waals surface area contributed by atoms with Crippen LogP contribution in [0, 0.1) is 11.8 Å². The number of rotatable bonds is 4. The van der Waals surface area contributed by atoms with Gasteiger partial charge in [-0.2, -0.15) is 0 Å². The van der Waals surface area contributed by atoms with Crippen LogP contribution in [-0.2, 0) is 6.54 Å². The molecule has 1 aromatic heterocycles. The van der Waals surface area contributed by atoms with Gasteiger partial charge < -0.3 is 10.3 Å². The minimum atomic E-state index is -0.460. The van der Waals surface area contributed by atoms with Gasteiger partial charge in [0.2, 0.25) is 0 Å². The van der Waals surface area contributed by atoms with Crippen molar-refractivity contribution >= 4 is 11.0 Å². The third kappa shape index (κ3) is 3.64. The van der Waals surface area contributed by atoms with Crippen molar-refractivity contribution in [2.45, 2.75) is 13.5 Å². The molecule has 0 bridgehead atoms. The summed E-state index contributed by atoms with van der Waals surface area (Å²) in [7, 11) is 0. The van der Waals surface area contributed by atoms with Crippen LogP contribution in [0.2, 0.25) is 0 Å². The van der Waals surface area contributed by atoms with Gasteiger partial charge in [-0.15, -0.1) is 0 Å². The lowest BCUT2D eigenvalue weighted by Crippen LogP contribution is -2.02. The van der Waals surface area contributed by atoms with Crippen LogP contribution in [0.25, 0.3) is 11.0 Å². The van der Waals surface area contributed by atoms with Gasteiger partial charge in [0.1, 0.15) is 6.67 Å². The van der Waals surface area contributed by atoms with Gasteiger partial charge in [0.25, 0.3) is 0 Å². The maximum Gasteiger partial charge on any atom is 0.186 e. The number of imidazole rings is 1. The molecular formula is C18H18FN3. The Kier molecular flexibility index (Phi) is 5.16. The van der Waals surface area contributed by atoms with Crippen molar-refractivity contribution in [1.82, 2.24) is 9.55 Å². The Morgan fingerprint density at radius 3 is 2.86 bits per heavy atom. The number of para-hydroxylation sites is 2. The molecule has 0 aliphatic heterocycles. The Balaban J connectivity index is 2.41. The van der Waals surface area contributed by atoms with Gasteiger partial charge in [0, 0.05) is 11.3 Å². The van der Waals surface area contributed by atoms with E-state index >= 15 is 0 Å². The molecular weight excluding hydrogens is 277 g/mol. The van der Waals surface area contributed by atoms with Gasteiger partial charge in [-0.25, -0.2) is 9.37 Å². The van der Waals surface area contributed by atoms with Crippen molar-refractivity contribution in [3.63, 3.8) is 0 Å². The summed E-state index contributed by atoms with van der Waals surface area (Å²) in [5.41, 5.74) is 8.46. The number of aromatic nitrogens is 2. The lowest BCUT2D eigenvalue weighted by atomic mass is 10.2. The van der Waals surface area contributed by atoms with Crippen LogP contribution < -0.4 is 5.73 Å². The Morgan fingerprint density at radius 2 is 2.18 bits per heavy atom. The molecule has 0 aliphatic carbocycles. The largest absolute Gasteiger partial charge is 0.399 e. The lowest BCUT2D eigenvalue weighted by Gasteiger charge is -2.01. The highest BCUT2D eigenvalue weighted by Gasteiger charge is 2.07. The summed E-state index contributed by atoms with van der Waals surface area (Å²) >= 11 is 0. The zero-order valence-electron chi connectivity index (χ0n) is 12.5. The molecule has 0 saturated carbocycles. The van der Waals surface area contributed by atoms with Crippen molar-refractivity contribution < 1.29 is 4.39 Å². The van der Waals surface area contributed by atoms with Crippen LogP contribution in [0.5, 0.6) is 0 Å². The third-order valence-electron chi connectivity index (χ3n) is 3.07. The van der Waals surface area contributed by atoms with Crippen LogP contribution >= 0.6 is 0 Å². The van der Waals surface area contributed by atoms with Gasteiger partial charge >= 0.3 is 0 Å². The number of hydrogen-bond acceptors (Lipinski definition) is 2. The zero-order chi connectivity index (χ0) is 15.9. The van der Waals surface area contributed by atoms with Crippen LogP contribution in [0.3, 0.4) is 0 Å². The molecule has 0 radical (unpaired) electrons. The van der Waals surface area contributed by atoms with E-state index in [0.29, 0.717) is 11.5 Å². The highest BCUT2D eigenvalue weighted by molar-refractivity contribution is 5.76. The molecule has 3 nitrogen and oxygen atoms in total. The number of allylic oxidation sites excluding steroid dienone is 4. The lowest BCUT2D eigenvalue weighted by molar-refractivity contribution is 0.448. The smallest absolute Gasteiger partial charge is 0.186 e. The van der Waals surface area contributed by atoms with Crippen molar-refractivity contribution in [2.24, 2.45) is 5.73 Å². The first-order chi connectivity index (χ1) is 10.7. The third-order valence-corrected chi connectivity index (χ3v) is 3.07. The normalized spacial score (nSPS) is 11.6. The molecule has 4 heteroatoms. The van der Waals surface area contributed by atoms with Crippen molar-refractivity contribution in [2.75, 3.05) is 6.67 Å². The molecule has 2 rings (SSSR count).